The van der Waals surface area contributed by atoms with E-state index in [0.29, 0.717) is 0 Å². The van der Waals surface area contributed by atoms with Crippen LogP contribution in [0.5, 0.6) is 0 Å². The highest BCUT2D eigenvalue weighted by atomic mass is 14.3. The Morgan fingerprint density at radius 3 is 1.94 bits per heavy atom. The molecule has 0 aliphatic heterocycles. The van der Waals surface area contributed by atoms with Gasteiger partial charge in [0.1, 0.15) is 0 Å². The van der Waals surface area contributed by atoms with E-state index in [1.54, 1.807) is 11.1 Å². The van der Waals surface area contributed by atoms with Gasteiger partial charge in [-0.3, -0.25) is 0 Å². The lowest BCUT2D eigenvalue weighted by molar-refractivity contribution is 0.202. The first kappa shape index (κ1) is 28.0. The number of hydrogen-bond acceptors (Lipinski definition) is 0. The Kier molecular flexibility index (Phi) is 12.0. The van der Waals surface area contributed by atoms with Crippen LogP contribution in [0.15, 0.2) is 36.4 Å². The standard InChI is InChI=1S/C36H58/c1-3-5-6-10-30-15-23-35(24-16-30)36-27-19-32(20-28-36)12-8-7-11-31-17-25-34(26-18-31)33-21-13-29(9-4-2)14-22-33/h17-19,25-27,29-30,32-33,35-36H,3-16,20-24,28H2,1-2H3. The Morgan fingerprint density at radius 2 is 1.28 bits per heavy atom. The fraction of sp³-hybridized carbons (Fsp3) is 0.778. The van der Waals surface area contributed by atoms with Crippen LogP contribution in [0, 0.1) is 29.6 Å². The zero-order valence-electron chi connectivity index (χ0n) is 24.1. The summed E-state index contributed by atoms with van der Waals surface area (Å²) >= 11 is 0. The van der Waals surface area contributed by atoms with E-state index >= 15 is 0 Å². The second-order valence-electron chi connectivity index (χ2n) is 13.2. The topological polar surface area (TPSA) is 0 Å². The molecule has 4 rings (SSSR count). The molecule has 1 aromatic carbocycles. The molecule has 2 atom stereocenters. The molecule has 0 nitrogen and oxygen atoms in total. The summed E-state index contributed by atoms with van der Waals surface area (Å²) in [6.45, 7) is 4.67. The zero-order valence-corrected chi connectivity index (χ0v) is 24.1. The Morgan fingerprint density at radius 1 is 0.583 bits per heavy atom. The number of aryl methyl sites for hydroxylation is 1. The van der Waals surface area contributed by atoms with Gasteiger partial charge in [0.25, 0.3) is 0 Å². The normalized spacial score (nSPS) is 30.9. The molecule has 1 aromatic rings. The molecule has 2 unspecified atom stereocenters. The summed E-state index contributed by atoms with van der Waals surface area (Å²) < 4.78 is 0. The number of unbranched alkanes of at least 4 members (excludes halogenated alkanes) is 3. The average Bonchev–Trinajstić information content (AvgIpc) is 2.93. The van der Waals surface area contributed by atoms with Crippen LogP contribution < -0.4 is 0 Å². The molecular formula is C36H58. The molecular weight excluding hydrogens is 432 g/mol. The SMILES string of the molecule is CCCCCC1CCC(C2C=CC(CCCCc3ccc(C4CCC(CCC)CC4)cc3)CC2)CC1. The third-order valence-corrected chi connectivity index (χ3v) is 10.5. The number of allylic oxidation sites excluding steroid dienone is 2. The summed E-state index contributed by atoms with van der Waals surface area (Å²) in [7, 11) is 0. The van der Waals surface area contributed by atoms with Gasteiger partial charge in [0.05, 0.1) is 0 Å². The fourth-order valence-corrected chi connectivity index (χ4v) is 8.01. The van der Waals surface area contributed by atoms with Crippen LogP contribution >= 0.6 is 0 Å². The lowest BCUT2D eigenvalue weighted by atomic mass is 9.71. The molecule has 2 fully saturated rings. The molecule has 0 bridgehead atoms. The number of rotatable bonds is 13. The smallest absolute Gasteiger partial charge is 0.0162 e. The van der Waals surface area contributed by atoms with Gasteiger partial charge in [-0.25, -0.2) is 0 Å². The van der Waals surface area contributed by atoms with Gasteiger partial charge < -0.3 is 0 Å². The molecule has 0 saturated heterocycles. The van der Waals surface area contributed by atoms with Gasteiger partial charge in [-0.15, -0.1) is 0 Å². The summed E-state index contributed by atoms with van der Waals surface area (Å²) in [5.41, 5.74) is 3.17. The van der Waals surface area contributed by atoms with E-state index in [1.165, 1.54) is 128 Å². The van der Waals surface area contributed by atoms with E-state index in [0.717, 1.165) is 35.5 Å². The molecule has 36 heavy (non-hydrogen) atoms. The number of benzene rings is 1. The highest BCUT2D eigenvalue weighted by Crippen LogP contribution is 2.41. The van der Waals surface area contributed by atoms with Crippen molar-refractivity contribution in [2.24, 2.45) is 29.6 Å². The largest absolute Gasteiger partial charge is 0.0851 e. The maximum absolute atomic E-state index is 2.66. The van der Waals surface area contributed by atoms with Crippen molar-refractivity contribution in [1.29, 1.82) is 0 Å². The molecule has 0 N–H and O–H groups in total. The van der Waals surface area contributed by atoms with Crippen LogP contribution in [0.2, 0.25) is 0 Å². The highest BCUT2D eigenvalue weighted by Gasteiger charge is 2.28. The van der Waals surface area contributed by atoms with Crippen molar-refractivity contribution in [1.82, 2.24) is 0 Å². The maximum atomic E-state index is 2.66. The quantitative estimate of drug-likeness (QED) is 0.190. The van der Waals surface area contributed by atoms with E-state index < -0.39 is 0 Å². The van der Waals surface area contributed by atoms with Crippen LogP contribution in [0.25, 0.3) is 0 Å². The molecule has 0 spiro atoms. The Labute approximate surface area is 225 Å². The Hall–Kier alpha value is -1.04. The fourth-order valence-electron chi connectivity index (χ4n) is 8.01. The first-order valence-corrected chi connectivity index (χ1v) is 16.5. The third-order valence-electron chi connectivity index (χ3n) is 10.5. The van der Waals surface area contributed by atoms with Crippen molar-refractivity contribution in [2.45, 2.75) is 148 Å². The Balaban J connectivity index is 1.08. The maximum Gasteiger partial charge on any atom is -0.0162 e. The average molecular weight is 491 g/mol. The first-order valence-electron chi connectivity index (χ1n) is 16.5. The van der Waals surface area contributed by atoms with E-state index in [9.17, 15) is 0 Å². The second-order valence-corrected chi connectivity index (χ2v) is 13.2. The molecule has 0 heterocycles. The van der Waals surface area contributed by atoms with Crippen molar-refractivity contribution in [3.05, 3.63) is 47.5 Å². The van der Waals surface area contributed by atoms with Crippen molar-refractivity contribution in [2.75, 3.05) is 0 Å². The summed E-state index contributed by atoms with van der Waals surface area (Å²) in [5, 5.41) is 0. The monoisotopic (exact) mass is 490 g/mol. The second kappa shape index (κ2) is 15.4. The van der Waals surface area contributed by atoms with E-state index in [-0.39, 0.29) is 0 Å². The van der Waals surface area contributed by atoms with E-state index in [1.807, 2.05) is 0 Å². The van der Waals surface area contributed by atoms with Crippen molar-refractivity contribution >= 4 is 0 Å². The lowest BCUT2D eigenvalue weighted by Gasteiger charge is -2.35. The van der Waals surface area contributed by atoms with Crippen LogP contribution in [0.3, 0.4) is 0 Å². The molecule has 3 aliphatic rings. The van der Waals surface area contributed by atoms with E-state index in [4.69, 9.17) is 0 Å². The molecule has 202 valence electrons. The van der Waals surface area contributed by atoms with Gasteiger partial charge in [-0.05, 0) is 117 Å². The highest BCUT2D eigenvalue weighted by molar-refractivity contribution is 5.26. The van der Waals surface area contributed by atoms with Crippen LogP contribution in [-0.4, -0.2) is 0 Å². The van der Waals surface area contributed by atoms with Crippen LogP contribution in [0.1, 0.15) is 153 Å². The van der Waals surface area contributed by atoms with Gasteiger partial charge in [-0.2, -0.15) is 0 Å². The molecule has 2 saturated carbocycles. The van der Waals surface area contributed by atoms with Crippen LogP contribution in [0.4, 0.5) is 0 Å². The van der Waals surface area contributed by atoms with Crippen molar-refractivity contribution in [3.8, 4) is 0 Å². The predicted molar refractivity (Wildman–Crippen MR) is 159 cm³/mol. The summed E-state index contributed by atoms with van der Waals surface area (Å²) in [5.74, 6) is 5.65. The predicted octanol–water partition coefficient (Wildman–Crippen LogP) is 11.4. The molecule has 0 radical (unpaired) electrons. The minimum absolute atomic E-state index is 0.829. The van der Waals surface area contributed by atoms with Crippen LogP contribution in [-0.2, 0) is 6.42 Å². The minimum Gasteiger partial charge on any atom is -0.0851 e. The van der Waals surface area contributed by atoms with Gasteiger partial charge in [0.2, 0.25) is 0 Å². The lowest BCUT2D eigenvalue weighted by Crippen LogP contribution is -2.23. The van der Waals surface area contributed by atoms with Crippen molar-refractivity contribution < 1.29 is 0 Å². The van der Waals surface area contributed by atoms with Gasteiger partial charge in [-0.1, -0.05) is 108 Å². The molecule has 0 aromatic heterocycles. The summed E-state index contributed by atoms with van der Waals surface area (Å²) in [4.78, 5) is 0. The third kappa shape index (κ3) is 8.77. The van der Waals surface area contributed by atoms with Crippen molar-refractivity contribution in [3.63, 3.8) is 0 Å². The van der Waals surface area contributed by atoms with Gasteiger partial charge in [0.15, 0.2) is 0 Å². The summed E-state index contributed by atoms with van der Waals surface area (Å²) in [6.07, 6.45) is 34.0. The first-order chi connectivity index (χ1) is 17.7. The minimum atomic E-state index is 0.829. The number of hydrogen-bond donors (Lipinski definition) is 0. The van der Waals surface area contributed by atoms with Gasteiger partial charge in [0, 0.05) is 0 Å². The zero-order chi connectivity index (χ0) is 25.0. The Bertz CT molecular complexity index is 726. The van der Waals surface area contributed by atoms with Gasteiger partial charge >= 0.3 is 0 Å². The summed E-state index contributed by atoms with van der Waals surface area (Å²) in [6, 6.07) is 9.81. The molecule has 0 heteroatoms. The molecule has 3 aliphatic carbocycles. The molecule has 0 amide bonds. The van der Waals surface area contributed by atoms with E-state index in [2.05, 4.69) is 50.3 Å².